The molecule has 1 amide bonds. The number of fused-ring (bicyclic) bond motifs is 1. The van der Waals surface area contributed by atoms with Crippen molar-refractivity contribution in [3.8, 4) is 11.6 Å². The van der Waals surface area contributed by atoms with Crippen LogP contribution in [0.1, 0.15) is 28.7 Å². The van der Waals surface area contributed by atoms with Crippen LogP contribution in [-0.4, -0.2) is 30.4 Å². The number of para-hydroxylation sites is 1. The third kappa shape index (κ3) is 3.07. The Morgan fingerprint density at radius 1 is 1.29 bits per heavy atom. The van der Waals surface area contributed by atoms with E-state index in [1.54, 1.807) is 13.3 Å². The van der Waals surface area contributed by atoms with Gasteiger partial charge in [0.25, 0.3) is 5.91 Å². The van der Waals surface area contributed by atoms with E-state index in [2.05, 4.69) is 36.7 Å². The maximum atomic E-state index is 12.6. The number of hydrogen-bond donors (Lipinski definition) is 2. The molecule has 3 heterocycles. The smallest absolute Gasteiger partial charge is 0.273 e. The van der Waals surface area contributed by atoms with E-state index in [1.807, 2.05) is 18.2 Å². The summed E-state index contributed by atoms with van der Waals surface area (Å²) in [5.74, 6) is -0.0782. The Bertz CT molecular complexity index is 1150. The minimum absolute atomic E-state index is 0.0183. The SMILES string of the molecule is CCn1cnc2c(CNC(=O)c3nc(C)c(-c4ncco4)nc3N)cccc21. The van der Waals surface area contributed by atoms with E-state index in [0.717, 1.165) is 23.1 Å². The fourth-order valence-corrected chi connectivity index (χ4v) is 3.04. The minimum atomic E-state index is -0.404. The predicted octanol–water partition coefficient (Wildman–Crippen LogP) is 2.32. The van der Waals surface area contributed by atoms with Crippen molar-refractivity contribution in [1.29, 1.82) is 0 Å². The lowest BCUT2D eigenvalue weighted by Gasteiger charge is -2.09. The average molecular weight is 377 g/mol. The van der Waals surface area contributed by atoms with E-state index in [0.29, 0.717) is 23.8 Å². The number of carbonyl (C=O) groups excluding carboxylic acids is 1. The first-order chi connectivity index (χ1) is 13.6. The quantitative estimate of drug-likeness (QED) is 0.547. The molecule has 0 atom stereocenters. The number of aromatic nitrogens is 5. The molecule has 3 N–H and O–H groups in total. The number of anilines is 1. The molecule has 4 rings (SSSR count). The largest absolute Gasteiger partial charge is 0.443 e. The van der Waals surface area contributed by atoms with Gasteiger partial charge in [-0.3, -0.25) is 4.79 Å². The van der Waals surface area contributed by atoms with Gasteiger partial charge in [0.15, 0.2) is 11.5 Å². The summed E-state index contributed by atoms with van der Waals surface area (Å²) < 4.78 is 7.28. The second kappa shape index (κ2) is 7.10. The maximum Gasteiger partial charge on any atom is 0.273 e. The number of carbonyl (C=O) groups is 1. The van der Waals surface area contributed by atoms with E-state index in [1.165, 1.54) is 12.5 Å². The molecular formula is C19H19N7O2. The number of nitrogens with zero attached hydrogens (tertiary/aromatic N) is 5. The maximum absolute atomic E-state index is 12.6. The topological polar surface area (TPSA) is 125 Å². The second-order valence-corrected chi connectivity index (χ2v) is 6.23. The van der Waals surface area contributed by atoms with E-state index >= 15 is 0 Å². The van der Waals surface area contributed by atoms with Gasteiger partial charge in [0.05, 0.1) is 29.3 Å². The first kappa shape index (κ1) is 17.7. The van der Waals surface area contributed by atoms with Crippen LogP contribution < -0.4 is 11.1 Å². The Kier molecular flexibility index (Phi) is 4.48. The summed E-state index contributed by atoms with van der Waals surface area (Å²) in [5, 5.41) is 2.85. The Balaban J connectivity index is 1.56. The number of nitrogens with two attached hydrogens (primary N) is 1. The fourth-order valence-electron chi connectivity index (χ4n) is 3.04. The van der Waals surface area contributed by atoms with Crippen molar-refractivity contribution in [2.24, 2.45) is 0 Å². The normalized spacial score (nSPS) is 11.1. The molecule has 28 heavy (non-hydrogen) atoms. The van der Waals surface area contributed by atoms with Gasteiger partial charge < -0.3 is 20.0 Å². The Hall–Kier alpha value is -3.75. The molecule has 9 nitrogen and oxygen atoms in total. The first-order valence-electron chi connectivity index (χ1n) is 8.83. The molecule has 0 saturated heterocycles. The van der Waals surface area contributed by atoms with Gasteiger partial charge in [0.1, 0.15) is 12.0 Å². The van der Waals surface area contributed by atoms with Gasteiger partial charge in [0, 0.05) is 13.1 Å². The molecule has 0 aliphatic carbocycles. The van der Waals surface area contributed by atoms with Crippen LogP contribution in [0.25, 0.3) is 22.6 Å². The van der Waals surface area contributed by atoms with Gasteiger partial charge in [-0.25, -0.2) is 19.9 Å². The number of imidazole rings is 1. The Morgan fingerprint density at radius 3 is 2.89 bits per heavy atom. The molecule has 0 unspecified atom stereocenters. The van der Waals surface area contributed by atoms with Crippen LogP contribution in [-0.2, 0) is 13.1 Å². The van der Waals surface area contributed by atoms with E-state index < -0.39 is 5.91 Å². The first-order valence-corrected chi connectivity index (χ1v) is 8.83. The number of oxazole rings is 1. The number of hydrogen-bond acceptors (Lipinski definition) is 7. The Morgan fingerprint density at radius 2 is 2.14 bits per heavy atom. The highest BCUT2D eigenvalue weighted by atomic mass is 16.3. The number of aryl methyl sites for hydroxylation is 2. The number of benzene rings is 1. The fraction of sp³-hybridized carbons (Fsp3) is 0.211. The molecule has 0 spiro atoms. The average Bonchev–Trinajstić information content (AvgIpc) is 3.37. The standard InChI is InChI=1S/C19H19N7O2/c1-3-26-10-23-15-12(5-4-6-13(15)26)9-22-18(27)16-17(20)25-14(11(2)24-16)19-21-7-8-28-19/h4-8,10H,3,9H2,1-2H3,(H2,20,25)(H,22,27). The Labute approximate surface area is 160 Å². The van der Waals surface area contributed by atoms with Crippen molar-refractivity contribution in [2.45, 2.75) is 26.9 Å². The van der Waals surface area contributed by atoms with Crippen molar-refractivity contribution < 1.29 is 9.21 Å². The van der Waals surface area contributed by atoms with Gasteiger partial charge in [-0.2, -0.15) is 0 Å². The minimum Gasteiger partial charge on any atom is -0.443 e. The highest BCUT2D eigenvalue weighted by molar-refractivity contribution is 5.96. The summed E-state index contributed by atoms with van der Waals surface area (Å²) in [6.45, 7) is 4.91. The van der Waals surface area contributed by atoms with Crippen LogP contribution in [0.4, 0.5) is 5.82 Å². The van der Waals surface area contributed by atoms with Crippen molar-refractivity contribution >= 4 is 22.8 Å². The molecule has 1 aromatic carbocycles. The third-order valence-corrected chi connectivity index (χ3v) is 4.46. The van der Waals surface area contributed by atoms with Crippen molar-refractivity contribution in [1.82, 2.24) is 29.8 Å². The summed E-state index contributed by atoms with van der Waals surface area (Å²) >= 11 is 0. The summed E-state index contributed by atoms with van der Waals surface area (Å²) in [6.07, 6.45) is 4.74. The van der Waals surface area contributed by atoms with Gasteiger partial charge in [-0.1, -0.05) is 12.1 Å². The summed E-state index contributed by atoms with van der Waals surface area (Å²) in [4.78, 5) is 29.7. The molecule has 0 radical (unpaired) electrons. The summed E-state index contributed by atoms with van der Waals surface area (Å²) in [6, 6.07) is 5.88. The van der Waals surface area contributed by atoms with Gasteiger partial charge in [0.2, 0.25) is 5.89 Å². The highest BCUT2D eigenvalue weighted by Crippen LogP contribution is 2.21. The number of rotatable bonds is 5. The molecule has 0 saturated carbocycles. The lowest BCUT2D eigenvalue weighted by molar-refractivity contribution is 0.0946. The van der Waals surface area contributed by atoms with E-state index in [-0.39, 0.29) is 11.5 Å². The van der Waals surface area contributed by atoms with Crippen molar-refractivity contribution in [3.05, 3.63) is 53.9 Å². The molecule has 0 aliphatic rings. The van der Waals surface area contributed by atoms with Crippen molar-refractivity contribution in [3.63, 3.8) is 0 Å². The van der Waals surface area contributed by atoms with E-state index in [4.69, 9.17) is 10.2 Å². The zero-order valence-electron chi connectivity index (χ0n) is 15.5. The van der Waals surface area contributed by atoms with Gasteiger partial charge in [-0.05, 0) is 25.5 Å². The van der Waals surface area contributed by atoms with Crippen molar-refractivity contribution in [2.75, 3.05) is 5.73 Å². The van der Waals surface area contributed by atoms with Crippen LogP contribution >= 0.6 is 0 Å². The zero-order chi connectivity index (χ0) is 19.7. The zero-order valence-corrected chi connectivity index (χ0v) is 15.5. The molecule has 142 valence electrons. The van der Waals surface area contributed by atoms with Gasteiger partial charge >= 0.3 is 0 Å². The lowest BCUT2D eigenvalue weighted by Crippen LogP contribution is -2.26. The van der Waals surface area contributed by atoms with Crippen LogP contribution in [0.5, 0.6) is 0 Å². The molecule has 9 heteroatoms. The van der Waals surface area contributed by atoms with Crippen LogP contribution in [0, 0.1) is 6.92 Å². The molecular weight excluding hydrogens is 358 g/mol. The second-order valence-electron chi connectivity index (χ2n) is 6.23. The van der Waals surface area contributed by atoms with Gasteiger partial charge in [-0.15, -0.1) is 0 Å². The molecule has 0 fully saturated rings. The summed E-state index contributed by atoms with van der Waals surface area (Å²) in [7, 11) is 0. The molecule has 3 aromatic heterocycles. The lowest BCUT2D eigenvalue weighted by atomic mass is 10.1. The van der Waals surface area contributed by atoms with E-state index in [9.17, 15) is 4.79 Å². The summed E-state index contributed by atoms with van der Waals surface area (Å²) in [5.41, 5.74) is 9.75. The number of nitrogen functional groups attached to an aromatic ring is 1. The molecule has 0 bridgehead atoms. The number of nitrogens with one attached hydrogen (secondary N) is 1. The predicted molar refractivity (Wildman–Crippen MR) is 103 cm³/mol. The number of amides is 1. The van der Waals surface area contributed by atoms with Crippen LogP contribution in [0.3, 0.4) is 0 Å². The third-order valence-electron chi connectivity index (χ3n) is 4.46. The highest BCUT2D eigenvalue weighted by Gasteiger charge is 2.19. The van der Waals surface area contributed by atoms with Crippen LogP contribution in [0.15, 0.2) is 41.4 Å². The monoisotopic (exact) mass is 377 g/mol. The van der Waals surface area contributed by atoms with Crippen LogP contribution in [0.2, 0.25) is 0 Å². The molecule has 4 aromatic rings. The molecule has 0 aliphatic heterocycles.